The second-order valence-electron chi connectivity index (χ2n) is 14.8. The Kier molecular flexibility index (Phi) is 7.16. The van der Waals surface area contributed by atoms with E-state index >= 15 is 0 Å². The Hall–Kier alpha value is -7.89. The predicted molar refractivity (Wildman–Crippen MR) is 240 cm³/mol. The van der Waals surface area contributed by atoms with E-state index in [1.54, 1.807) is 0 Å². The minimum absolute atomic E-state index is 0.628. The number of benzene rings is 9. The smallest absolute Gasteiger partial charge is 0.164 e. The number of nitrogens with zero attached hydrogens (tertiary/aromatic N) is 5. The van der Waals surface area contributed by atoms with Gasteiger partial charge in [0, 0.05) is 49.3 Å². The summed E-state index contributed by atoms with van der Waals surface area (Å²) in [7, 11) is 0. The van der Waals surface area contributed by atoms with Crippen molar-refractivity contribution in [3.63, 3.8) is 0 Å². The Labute approximate surface area is 333 Å². The van der Waals surface area contributed by atoms with E-state index in [2.05, 4.69) is 191 Å². The molecule has 0 radical (unpaired) electrons. The van der Waals surface area contributed by atoms with Gasteiger partial charge >= 0.3 is 0 Å². The van der Waals surface area contributed by atoms with Crippen molar-refractivity contribution >= 4 is 65.2 Å². The largest absolute Gasteiger partial charge is 0.309 e. The average Bonchev–Trinajstić information content (AvgIpc) is 3.80. The second-order valence-corrected chi connectivity index (χ2v) is 14.8. The molecule has 3 aromatic heterocycles. The topological polar surface area (TPSA) is 48.5 Å². The van der Waals surface area contributed by atoms with Gasteiger partial charge in [0.15, 0.2) is 17.5 Å². The van der Waals surface area contributed by atoms with Crippen molar-refractivity contribution in [3.05, 3.63) is 200 Å². The third kappa shape index (κ3) is 4.93. The standard InChI is InChI=1S/C53H33N5/c1-3-16-34(17-4-1)51-54-52(56-53(55-51)43-27-15-31-48-50(43)42-23-10-12-29-47(42)57(48)37-20-5-2-6-21-37)41-26-13-25-39-38(41)24-14-30-46(39)58-45-28-11-9-22-40(45)44-32-35-18-7-8-19-36(35)33-49(44)58/h1-33H. The van der Waals surface area contributed by atoms with Crippen molar-refractivity contribution in [1.29, 1.82) is 0 Å². The summed E-state index contributed by atoms with van der Waals surface area (Å²) in [4.78, 5) is 15.8. The first-order valence-electron chi connectivity index (χ1n) is 19.6. The number of aromatic nitrogens is 5. The molecule has 0 amide bonds. The van der Waals surface area contributed by atoms with E-state index < -0.39 is 0 Å². The van der Waals surface area contributed by atoms with E-state index in [0.717, 1.165) is 60.6 Å². The molecule has 9 aromatic carbocycles. The fraction of sp³-hybridized carbons (Fsp3) is 0. The van der Waals surface area contributed by atoms with E-state index in [9.17, 15) is 0 Å². The van der Waals surface area contributed by atoms with Crippen LogP contribution in [0, 0.1) is 0 Å². The van der Waals surface area contributed by atoms with Crippen LogP contribution in [0.15, 0.2) is 200 Å². The minimum Gasteiger partial charge on any atom is -0.309 e. The van der Waals surface area contributed by atoms with Crippen LogP contribution in [0.2, 0.25) is 0 Å². The summed E-state index contributed by atoms with van der Waals surface area (Å²) in [5, 5.41) is 9.36. The van der Waals surface area contributed by atoms with Gasteiger partial charge < -0.3 is 9.13 Å². The van der Waals surface area contributed by atoms with Crippen molar-refractivity contribution < 1.29 is 0 Å². The van der Waals surface area contributed by atoms with Crippen LogP contribution < -0.4 is 0 Å². The van der Waals surface area contributed by atoms with Crippen molar-refractivity contribution in [2.75, 3.05) is 0 Å². The van der Waals surface area contributed by atoms with Gasteiger partial charge in [0.05, 0.1) is 27.8 Å². The Morgan fingerprint density at radius 1 is 0.310 bits per heavy atom. The molecule has 0 N–H and O–H groups in total. The zero-order valence-corrected chi connectivity index (χ0v) is 31.3. The molecule has 0 aliphatic heterocycles. The molecule has 12 rings (SSSR count). The van der Waals surface area contributed by atoms with E-state index in [0.29, 0.717) is 17.5 Å². The molecule has 12 aromatic rings. The van der Waals surface area contributed by atoms with Gasteiger partial charge in [0.25, 0.3) is 0 Å². The number of fused-ring (bicyclic) bond motifs is 8. The van der Waals surface area contributed by atoms with Crippen LogP contribution in [0.25, 0.3) is 111 Å². The molecule has 0 atom stereocenters. The van der Waals surface area contributed by atoms with Crippen LogP contribution in [0.4, 0.5) is 0 Å². The second kappa shape index (κ2) is 12.8. The molecule has 3 heterocycles. The lowest BCUT2D eigenvalue weighted by Gasteiger charge is -2.15. The van der Waals surface area contributed by atoms with Gasteiger partial charge in [-0.3, -0.25) is 0 Å². The fourth-order valence-electron chi connectivity index (χ4n) is 8.99. The molecular weight excluding hydrogens is 707 g/mol. The summed E-state index contributed by atoms with van der Waals surface area (Å²) in [5.41, 5.74) is 9.64. The molecule has 270 valence electrons. The molecule has 5 heteroatoms. The predicted octanol–water partition coefficient (Wildman–Crippen LogP) is 13.4. The lowest BCUT2D eigenvalue weighted by molar-refractivity contribution is 1.08. The van der Waals surface area contributed by atoms with Gasteiger partial charge in [-0.1, -0.05) is 152 Å². The van der Waals surface area contributed by atoms with Crippen LogP contribution in [0.3, 0.4) is 0 Å². The maximum Gasteiger partial charge on any atom is 0.164 e. The summed E-state index contributed by atoms with van der Waals surface area (Å²) in [6.07, 6.45) is 0. The van der Waals surface area contributed by atoms with Crippen LogP contribution >= 0.6 is 0 Å². The van der Waals surface area contributed by atoms with E-state index in [-0.39, 0.29) is 0 Å². The molecule has 0 saturated carbocycles. The molecule has 58 heavy (non-hydrogen) atoms. The number of hydrogen-bond donors (Lipinski definition) is 0. The average molecular weight is 740 g/mol. The van der Waals surface area contributed by atoms with Gasteiger partial charge in [0.2, 0.25) is 0 Å². The number of rotatable bonds is 5. The van der Waals surface area contributed by atoms with Gasteiger partial charge in [-0.2, -0.15) is 0 Å². The minimum atomic E-state index is 0.628. The van der Waals surface area contributed by atoms with E-state index in [1.807, 2.05) is 18.2 Å². The van der Waals surface area contributed by atoms with Crippen molar-refractivity contribution in [3.8, 4) is 45.5 Å². The SMILES string of the molecule is c1ccc(-c2nc(-c3cccc4c(-n5c6ccccc6c6cc7ccccc7cc65)cccc34)nc(-c3cccc4c3c3ccccc3n4-c3ccccc3)n2)cc1. The first-order chi connectivity index (χ1) is 28.8. The summed E-state index contributed by atoms with van der Waals surface area (Å²) in [5.74, 6) is 1.89. The third-order valence-corrected chi connectivity index (χ3v) is 11.5. The molecule has 0 fully saturated rings. The van der Waals surface area contributed by atoms with Crippen molar-refractivity contribution in [2.24, 2.45) is 0 Å². The highest BCUT2D eigenvalue weighted by atomic mass is 15.0. The fourth-order valence-corrected chi connectivity index (χ4v) is 8.99. The Morgan fingerprint density at radius 3 is 1.67 bits per heavy atom. The van der Waals surface area contributed by atoms with Gasteiger partial charge in [-0.25, -0.2) is 15.0 Å². The summed E-state index contributed by atoms with van der Waals surface area (Å²) in [6, 6.07) is 70.8. The normalized spacial score (nSPS) is 11.8. The molecule has 0 bridgehead atoms. The van der Waals surface area contributed by atoms with E-state index in [4.69, 9.17) is 15.0 Å². The van der Waals surface area contributed by atoms with Gasteiger partial charge in [-0.15, -0.1) is 0 Å². The van der Waals surface area contributed by atoms with Crippen molar-refractivity contribution in [1.82, 2.24) is 24.1 Å². The van der Waals surface area contributed by atoms with Crippen LogP contribution in [-0.2, 0) is 0 Å². The maximum atomic E-state index is 5.38. The maximum absolute atomic E-state index is 5.38. The summed E-state index contributed by atoms with van der Waals surface area (Å²) in [6.45, 7) is 0. The lowest BCUT2D eigenvalue weighted by atomic mass is 10.0. The number of hydrogen-bond acceptors (Lipinski definition) is 3. The van der Waals surface area contributed by atoms with Gasteiger partial charge in [-0.05, 0) is 64.7 Å². The number of para-hydroxylation sites is 3. The highest BCUT2D eigenvalue weighted by Gasteiger charge is 2.21. The molecule has 0 unspecified atom stereocenters. The van der Waals surface area contributed by atoms with Gasteiger partial charge in [0.1, 0.15) is 0 Å². The van der Waals surface area contributed by atoms with Crippen LogP contribution in [-0.4, -0.2) is 24.1 Å². The molecule has 0 saturated heterocycles. The third-order valence-electron chi connectivity index (χ3n) is 11.5. The van der Waals surface area contributed by atoms with Crippen molar-refractivity contribution in [2.45, 2.75) is 0 Å². The summed E-state index contributed by atoms with van der Waals surface area (Å²) >= 11 is 0. The highest BCUT2D eigenvalue weighted by molar-refractivity contribution is 6.16. The van der Waals surface area contributed by atoms with Crippen LogP contribution in [0.5, 0.6) is 0 Å². The lowest BCUT2D eigenvalue weighted by Crippen LogP contribution is -2.01. The quantitative estimate of drug-likeness (QED) is 0.177. The van der Waals surface area contributed by atoms with Crippen LogP contribution in [0.1, 0.15) is 0 Å². The zero-order chi connectivity index (χ0) is 38.2. The zero-order valence-electron chi connectivity index (χ0n) is 31.3. The summed E-state index contributed by atoms with van der Waals surface area (Å²) < 4.78 is 4.75. The molecule has 0 aliphatic rings. The molecule has 0 aliphatic carbocycles. The molecular formula is C53H33N5. The molecule has 5 nitrogen and oxygen atoms in total. The first kappa shape index (κ1) is 32.4. The Balaban J connectivity index is 1.12. The molecule has 0 spiro atoms. The van der Waals surface area contributed by atoms with E-state index in [1.165, 1.54) is 32.6 Å². The monoisotopic (exact) mass is 739 g/mol. The Bertz CT molecular complexity index is 3560. The highest BCUT2D eigenvalue weighted by Crippen LogP contribution is 2.41. The Morgan fingerprint density at radius 2 is 0.862 bits per heavy atom. The first-order valence-corrected chi connectivity index (χ1v) is 19.6.